The molecule has 184 valence electrons. The average Bonchev–Trinajstić information content (AvgIpc) is 3.00. The molecule has 0 bridgehead atoms. The maximum absolute atomic E-state index is 12.9. The van der Waals surface area contributed by atoms with Crippen molar-refractivity contribution in [3.05, 3.63) is 65.4 Å². The van der Waals surface area contributed by atoms with Crippen LogP contribution in [0.15, 0.2) is 48.7 Å². The lowest BCUT2D eigenvalue weighted by molar-refractivity contribution is 0.0530. The van der Waals surface area contributed by atoms with Gasteiger partial charge in [0.25, 0.3) is 0 Å². The Morgan fingerprint density at radius 1 is 1.12 bits per heavy atom. The van der Waals surface area contributed by atoms with E-state index in [2.05, 4.69) is 23.1 Å². The van der Waals surface area contributed by atoms with E-state index >= 15 is 0 Å². The van der Waals surface area contributed by atoms with E-state index in [0.717, 1.165) is 41.2 Å². The molecule has 0 unspecified atom stereocenters. The standard InChI is InChI=1S/C26H32N2O4.C2H6/c1-27(2)13-10-23(29)20-14-22-25(24(15-20)31-4)28(18-32-17-26(22)11-5-12-26)16-19-6-8-21(30-3)9-7-19;1-2/h6-10,13-15H,5,11-12,16-18H2,1-4H3;1-2H3/b13-10+;. The maximum Gasteiger partial charge on any atom is 0.187 e. The summed E-state index contributed by atoms with van der Waals surface area (Å²) in [5, 5.41) is 0. The van der Waals surface area contributed by atoms with Crippen LogP contribution in [-0.2, 0) is 16.7 Å². The quantitative estimate of drug-likeness (QED) is 0.402. The fourth-order valence-corrected chi connectivity index (χ4v) is 4.54. The minimum absolute atomic E-state index is 0.0267. The fourth-order valence-electron chi connectivity index (χ4n) is 4.54. The van der Waals surface area contributed by atoms with Crippen molar-refractivity contribution in [3.63, 3.8) is 0 Å². The van der Waals surface area contributed by atoms with Crippen LogP contribution in [0, 0.1) is 0 Å². The van der Waals surface area contributed by atoms with Crippen LogP contribution in [0.2, 0.25) is 0 Å². The van der Waals surface area contributed by atoms with E-state index in [0.29, 0.717) is 25.4 Å². The number of benzene rings is 2. The molecule has 4 rings (SSSR count). The molecule has 6 nitrogen and oxygen atoms in total. The molecule has 1 spiro atoms. The second-order valence-electron chi connectivity index (χ2n) is 8.88. The van der Waals surface area contributed by atoms with Crippen LogP contribution in [0.1, 0.15) is 54.6 Å². The molecule has 2 aromatic carbocycles. The number of anilines is 1. The number of allylic oxidation sites excluding steroid dienone is 1. The van der Waals surface area contributed by atoms with Crippen LogP contribution < -0.4 is 14.4 Å². The molecule has 34 heavy (non-hydrogen) atoms. The van der Waals surface area contributed by atoms with Gasteiger partial charge in [0.15, 0.2) is 5.78 Å². The molecular formula is C28H38N2O4. The van der Waals surface area contributed by atoms with Gasteiger partial charge in [0.1, 0.15) is 18.2 Å². The first kappa shape index (κ1) is 25.6. The lowest BCUT2D eigenvalue weighted by atomic mass is 9.64. The van der Waals surface area contributed by atoms with Crippen molar-refractivity contribution >= 4 is 11.5 Å². The van der Waals surface area contributed by atoms with E-state index in [1.807, 2.05) is 51.0 Å². The van der Waals surface area contributed by atoms with Crippen molar-refractivity contribution in [2.24, 2.45) is 0 Å². The lowest BCUT2D eigenvalue weighted by Crippen LogP contribution is -2.38. The molecule has 2 aromatic rings. The number of rotatable bonds is 7. The fraction of sp³-hybridized carbons (Fsp3) is 0.464. The van der Waals surface area contributed by atoms with Crippen LogP contribution in [-0.4, -0.2) is 52.3 Å². The van der Waals surface area contributed by atoms with Gasteiger partial charge in [-0.1, -0.05) is 32.4 Å². The maximum atomic E-state index is 12.9. The Kier molecular flexibility index (Phi) is 8.61. The molecule has 0 saturated heterocycles. The van der Waals surface area contributed by atoms with Crippen molar-refractivity contribution in [2.75, 3.05) is 46.6 Å². The Balaban J connectivity index is 0.00000158. The van der Waals surface area contributed by atoms with Crippen molar-refractivity contribution < 1.29 is 19.0 Å². The summed E-state index contributed by atoms with van der Waals surface area (Å²) in [4.78, 5) is 17.0. The number of ether oxygens (including phenoxy) is 3. The number of ketones is 1. The predicted molar refractivity (Wildman–Crippen MR) is 137 cm³/mol. The van der Waals surface area contributed by atoms with Crippen LogP contribution in [0.5, 0.6) is 11.5 Å². The van der Waals surface area contributed by atoms with E-state index in [-0.39, 0.29) is 11.2 Å². The number of nitrogens with zero attached hydrogens (tertiary/aromatic N) is 2. The third-order valence-electron chi connectivity index (χ3n) is 6.46. The molecule has 1 aliphatic heterocycles. The van der Waals surface area contributed by atoms with Gasteiger partial charge in [0.05, 0.1) is 26.5 Å². The first-order valence-electron chi connectivity index (χ1n) is 12.0. The van der Waals surface area contributed by atoms with Crippen molar-refractivity contribution in [3.8, 4) is 11.5 Å². The van der Waals surface area contributed by atoms with Gasteiger partial charge in [0, 0.05) is 43.9 Å². The monoisotopic (exact) mass is 466 g/mol. The summed E-state index contributed by atoms with van der Waals surface area (Å²) in [6.45, 7) is 5.82. The minimum Gasteiger partial charge on any atom is -0.497 e. The molecule has 0 radical (unpaired) electrons. The predicted octanol–water partition coefficient (Wildman–Crippen LogP) is 5.40. The second-order valence-corrected chi connectivity index (χ2v) is 8.88. The summed E-state index contributed by atoms with van der Waals surface area (Å²) in [7, 11) is 7.14. The Labute approximate surface area is 204 Å². The molecule has 0 amide bonds. The summed E-state index contributed by atoms with van der Waals surface area (Å²) >= 11 is 0. The zero-order valence-corrected chi connectivity index (χ0v) is 21.4. The molecule has 6 heteroatoms. The van der Waals surface area contributed by atoms with E-state index < -0.39 is 0 Å². The Morgan fingerprint density at radius 2 is 1.82 bits per heavy atom. The zero-order valence-electron chi connectivity index (χ0n) is 21.4. The topological polar surface area (TPSA) is 51.2 Å². The van der Waals surface area contributed by atoms with Crippen molar-refractivity contribution in [1.29, 1.82) is 0 Å². The van der Waals surface area contributed by atoms with Gasteiger partial charge in [0.2, 0.25) is 0 Å². The first-order chi connectivity index (χ1) is 16.5. The highest BCUT2D eigenvalue weighted by molar-refractivity contribution is 6.05. The normalized spacial score (nSPS) is 16.1. The smallest absolute Gasteiger partial charge is 0.187 e. The molecule has 1 saturated carbocycles. The summed E-state index contributed by atoms with van der Waals surface area (Å²) < 4.78 is 17.3. The number of hydrogen-bond donors (Lipinski definition) is 0. The second kappa shape index (κ2) is 11.4. The number of methoxy groups -OCH3 is 2. The van der Waals surface area contributed by atoms with Gasteiger partial charge < -0.3 is 24.0 Å². The highest BCUT2D eigenvalue weighted by Gasteiger charge is 2.44. The zero-order chi connectivity index (χ0) is 24.7. The number of hydrogen-bond acceptors (Lipinski definition) is 6. The van der Waals surface area contributed by atoms with Crippen molar-refractivity contribution in [1.82, 2.24) is 4.90 Å². The van der Waals surface area contributed by atoms with Crippen LogP contribution in [0.4, 0.5) is 5.69 Å². The van der Waals surface area contributed by atoms with Gasteiger partial charge in [-0.3, -0.25) is 4.79 Å². The Morgan fingerprint density at radius 3 is 2.38 bits per heavy atom. The summed E-state index contributed by atoms with van der Waals surface area (Å²) in [5.41, 5.74) is 3.94. The lowest BCUT2D eigenvalue weighted by Gasteiger charge is -2.42. The van der Waals surface area contributed by atoms with Gasteiger partial charge >= 0.3 is 0 Å². The Hall–Kier alpha value is -2.99. The third-order valence-corrected chi connectivity index (χ3v) is 6.46. The SMILES string of the molecule is CC.COc1ccc(CN2COCC3(CCC3)c3cc(C(=O)/C=C/N(C)C)cc(OC)c32)cc1. The molecular weight excluding hydrogens is 428 g/mol. The minimum atomic E-state index is -0.0567. The first-order valence-corrected chi connectivity index (χ1v) is 12.0. The highest BCUT2D eigenvalue weighted by Crippen LogP contribution is 2.52. The summed E-state index contributed by atoms with van der Waals surface area (Å²) in [5.74, 6) is 1.52. The van der Waals surface area contributed by atoms with Gasteiger partial charge in [-0.15, -0.1) is 0 Å². The third kappa shape index (κ3) is 5.39. The molecule has 0 N–H and O–H groups in total. The van der Waals surface area contributed by atoms with Gasteiger partial charge in [-0.05, 0) is 48.2 Å². The van der Waals surface area contributed by atoms with E-state index in [9.17, 15) is 4.79 Å². The molecule has 1 fully saturated rings. The molecule has 1 aliphatic carbocycles. The van der Waals surface area contributed by atoms with Gasteiger partial charge in [-0.25, -0.2) is 0 Å². The molecule has 2 aliphatic rings. The Bertz CT molecular complexity index is 994. The molecule has 0 aromatic heterocycles. The van der Waals surface area contributed by atoms with E-state index in [1.54, 1.807) is 26.5 Å². The van der Waals surface area contributed by atoms with Crippen LogP contribution in [0.3, 0.4) is 0 Å². The number of carbonyl (C=O) groups is 1. The van der Waals surface area contributed by atoms with Crippen molar-refractivity contribution in [2.45, 2.75) is 45.1 Å². The van der Waals surface area contributed by atoms with E-state index in [1.165, 1.54) is 6.42 Å². The largest absolute Gasteiger partial charge is 0.497 e. The number of carbonyl (C=O) groups excluding carboxylic acids is 1. The van der Waals surface area contributed by atoms with E-state index in [4.69, 9.17) is 14.2 Å². The summed E-state index contributed by atoms with van der Waals surface area (Å²) in [6, 6.07) is 12.0. The van der Waals surface area contributed by atoms with Crippen LogP contribution >= 0.6 is 0 Å². The van der Waals surface area contributed by atoms with Gasteiger partial charge in [-0.2, -0.15) is 0 Å². The number of fused-ring (bicyclic) bond motifs is 2. The highest BCUT2D eigenvalue weighted by atomic mass is 16.5. The van der Waals surface area contributed by atoms with Crippen LogP contribution in [0.25, 0.3) is 0 Å². The molecule has 0 atom stereocenters. The summed E-state index contributed by atoms with van der Waals surface area (Å²) in [6.07, 6.45) is 6.67. The average molecular weight is 467 g/mol. The molecule has 1 heterocycles.